The molecule has 0 unspecified atom stereocenters. The number of hydrogen-bond donors (Lipinski definition) is 0. The van der Waals surface area contributed by atoms with Crippen LogP contribution in [0.5, 0.6) is 0 Å². The fourth-order valence-electron chi connectivity index (χ4n) is 0.840. The molecule has 0 bridgehead atoms. The Hall–Kier alpha value is -1.46. The number of unbranched alkanes of at least 4 members (excludes halogenated alkanes) is 2. The Morgan fingerprint density at radius 2 is 1.44 bits per heavy atom. The lowest BCUT2D eigenvalue weighted by atomic mass is 10.3. The summed E-state index contributed by atoms with van der Waals surface area (Å²) in [6.07, 6.45) is 1.79. The van der Waals surface area contributed by atoms with Gasteiger partial charge in [-0.2, -0.15) is 0 Å². The number of rotatable bonds is 6. The predicted octanol–water partition coefficient (Wildman–Crippen LogP) is 3.31. The van der Waals surface area contributed by atoms with Crippen LogP contribution in [-0.2, 0) is 9.47 Å². The van der Waals surface area contributed by atoms with E-state index in [-0.39, 0.29) is 6.61 Å². The molecule has 6 heteroatoms. The van der Waals surface area contributed by atoms with E-state index in [0.717, 1.165) is 19.3 Å². The van der Waals surface area contributed by atoms with Gasteiger partial charge in [0.25, 0.3) is 0 Å². The molecule has 0 atom stereocenters. The van der Waals surface area contributed by atoms with E-state index in [1.807, 2.05) is 13.8 Å². The molecule has 0 aliphatic rings. The van der Waals surface area contributed by atoms with E-state index in [4.69, 9.17) is 4.74 Å². The van der Waals surface area contributed by atoms with Gasteiger partial charge in [-0.1, -0.05) is 36.9 Å². The Kier molecular flexibility index (Phi) is 9.15. The van der Waals surface area contributed by atoms with Crippen molar-refractivity contribution >= 4 is 12.2 Å². The minimum absolute atomic E-state index is 0.267. The summed E-state index contributed by atoms with van der Waals surface area (Å²) in [5.41, 5.74) is 0. The van der Waals surface area contributed by atoms with Crippen molar-refractivity contribution < 1.29 is 19.1 Å². The van der Waals surface area contributed by atoms with Crippen LogP contribution >= 0.6 is 0 Å². The molecule has 0 aliphatic carbocycles. The maximum atomic E-state index is 10.9. The van der Waals surface area contributed by atoms with E-state index in [1.54, 1.807) is 0 Å². The van der Waals surface area contributed by atoms with Crippen molar-refractivity contribution in [3.63, 3.8) is 0 Å². The normalized spacial score (nSPS) is 10.4. The molecule has 2 amide bonds. The number of amides is 2. The second kappa shape index (κ2) is 10.1. The van der Waals surface area contributed by atoms with Gasteiger partial charge in [-0.3, -0.25) is 0 Å². The molecule has 0 heterocycles. The number of ether oxygens (including phenoxy) is 2. The van der Waals surface area contributed by atoms with Crippen molar-refractivity contribution in [1.29, 1.82) is 0 Å². The molecular weight excluding hydrogens is 212 g/mol. The lowest BCUT2D eigenvalue weighted by Crippen LogP contribution is -2.03. The zero-order valence-corrected chi connectivity index (χ0v) is 9.77. The summed E-state index contributed by atoms with van der Waals surface area (Å²) in [5.74, 6) is 0. The van der Waals surface area contributed by atoms with Crippen molar-refractivity contribution in [3.8, 4) is 0 Å². The van der Waals surface area contributed by atoms with E-state index in [9.17, 15) is 9.59 Å². The fourth-order valence-corrected chi connectivity index (χ4v) is 0.840. The molecule has 0 aromatic rings. The Morgan fingerprint density at radius 3 is 1.94 bits per heavy atom. The molecule has 0 spiro atoms. The van der Waals surface area contributed by atoms with Gasteiger partial charge in [-0.25, -0.2) is 9.59 Å². The lowest BCUT2D eigenvalue weighted by Gasteiger charge is -1.98. The second-order valence-corrected chi connectivity index (χ2v) is 3.14. The van der Waals surface area contributed by atoms with Crippen LogP contribution in [0.25, 0.3) is 0 Å². The highest BCUT2D eigenvalue weighted by molar-refractivity contribution is 5.73. The van der Waals surface area contributed by atoms with Crippen LogP contribution in [-0.4, -0.2) is 25.4 Å². The first-order valence-electron chi connectivity index (χ1n) is 5.46. The SMILES string of the molecule is CCCCCOC(=O)/N=N/C(=O)OCCC. The molecule has 0 rings (SSSR count). The number of carbonyl (C=O) groups excluding carboxylic acids is 2. The molecule has 0 aromatic carbocycles. The third-order valence-electron chi connectivity index (χ3n) is 1.62. The summed E-state index contributed by atoms with van der Waals surface area (Å²) < 4.78 is 9.27. The average molecular weight is 230 g/mol. The van der Waals surface area contributed by atoms with Gasteiger partial charge in [-0.15, -0.1) is 0 Å². The maximum absolute atomic E-state index is 10.9. The van der Waals surface area contributed by atoms with E-state index in [1.165, 1.54) is 0 Å². The smallest absolute Gasteiger partial charge is 0.447 e. The molecule has 0 N–H and O–H groups in total. The Balaban J connectivity index is 3.60. The van der Waals surface area contributed by atoms with Gasteiger partial charge < -0.3 is 9.47 Å². The minimum Gasteiger partial charge on any atom is -0.447 e. The summed E-state index contributed by atoms with van der Waals surface area (Å²) >= 11 is 0. The van der Waals surface area contributed by atoms with Crippen LogP contribution in [0.1, 0.15) is 39.5 Å². The summed E-state index contributed by atoms with van der Waals surface area (Å²) in [5, 5.41) is 6.11. The average Bonchev–Trinajstić information content (AvgIpc) is 2.29. The monoisotopic (exact) mass is 230 g/mol. The van der Waals surface area contributed by atoms with Crippen LogP contribution in [0.2, 0.25) is 0 Å². The summed E-state index contributed by atoms with van der Waals surface area (Å²) in [7, 11) is 0. The molecule has 6 nitrogen and oxygen atoms in total. The van der Waals surface area contributed by atoms with Crippen molar-refractivity contribution in [2.45, 2.75) is 39.5 Å². The zero-order chi connectivity index (χ0) is 12.2. The molecule has 0 aromatic heterocycles. The highest BCUT2D eigenvalue weighted by Gasteiger charge is 2.02. The standard InChI is InChI=1S/C10H18N2O4/c1-3-5-6-8-16-10(14)12-11-9(13)15-7-4-2/h3-8H2,1-2H3/b12-11+. The molecule has 0 radical (unpaired) electrons. The van der Waals surface area contributed by atoms with Crippen molar-refractivity contribution in [3.05, 3.63) is 0 Å². The fraction of sp³-hybridized carbons (Fsp3) is 0.800. The number of azo groups is 1. The molecule has 92 valence electrons. The third kappa shape index (κ3) is 9.11. The van der Waals surface area contributed by atoms with E-state index in [0.29, 0.717) is 13.0 Å². The largest absolute Gasteiger partial charge is 0.452 e. The first-order chi connectivity index (χ1) is 7.70. The van der Waals surface area contributed by atoms with Crippen LogP contribution in [0, 0.1) is 0 Å². The van der Waals surface area contributed by atoms with E-state index >= 15 is 0 Å². The summed E-state index contributed by atoms with van der Waals surface area (Å²) in [6, 6.07) is 0. The summed E-state index contributed by atoms with van der Waals surface area (Å²) in [6.45, 7) is 4.47. The number of nitrogens with zero attached hydrogens (tertiary/aromatic N) is 2. The highest BCUT2D eigenvalue weighted by Crippen LogP contribution is 1.96. The first-order valence-corrected chi connectivity index (χ1v) is 5.46. The van der Waals surface area contributed by atoms with Crippen LogP contribution < -0.4 is 0 Å². The van der Waals surface area contributed by atoms with E-state index < -0.39 is 12.2 Å². The zero-order valence-electron chi connectivity index (χ0n) is 9.77. The van der Waals surface area contributed by atoms with Gasteiger partial charge >= 0.3 is 12.2 Å². The van der Waals surface area contributed by atoms with Gasteiger partial charge in [0, 0.05) is 0 Å². The second-order valence-electron chi connectivity index (χ2n) is 3.14. The van der Waals surface area contributed by atoms with Gasteiger partial charge in [0.1, 0.15) is 0 Å². The third-order valence-corrected chi connectivity index (χ3v) is 1.62. The van der Waals surface area contributed by atoms with Crippen LogP contribution in [0.4, 0.5) is 9.59 Å². The van der Waals surface area contributed by atoms with Gasteiger partial charge in [-0.05, 0) is 12.8 Å². The maximum Gasteiger partial charge on any atom is 0.452 e. The predicted molar refractivity (Wildman–Crippen MR) is 57.4 cm³/mol. The van der Waals surface area contributed by atoms with Crippen molar-refractivity contribution in [1.82, 2.24) is 0 Å². The lowest BCUT2D eigenvalue weighted by molar-refractivity contribution is 0.145. The molecule has 0 saturated heterocycles. The molecule has 16 heavy (non-hydrogen) atoms. The molecule has 0 aliphatic heterocycles. The molecular formula is C10H18N2O4. The first kappa shape index (κ1) is 14.5. The molecule has 0 saturated carbocycles. The highest BCUT2D eigenvalue weighted by atomic mass is 16.6. The topological polar surface area (TPSA) is 77.3 Å². The number of hydrogen-bond acceptors (Lipinski definition) is 4. The van der Waals surface area contributed by atoms with Gasteiger partial charge in [0.05, 0.1) is 13.2 Å². The molecule has 0 fully saturated rings. The Labute approximate surface area is 95.0 Å². The van der Waals surface area contributed by atoms with Gasteiger partial charge in [0.2, 0.25) is 0 Å². The van der Waals surface area contributed by atoms with E-state index in [2.05, 4.69) is 15.0 Å². The van der Waals surface area contributed by atoms with Crippen molar-refractivity contribution in [2.24, 2.45) is 10.2 Å². The van der Waals surface area contributed by atoms with Crippen LogP contribution in [0.3, 0.4) is 0 Å². The Morgan fingerprint density at radius 1 is 0.875 bits per heavy atom. The quantitative estimate of drug-likeness (QED) is 0.518. The van der Waals surface area contributed by atoms with Gasteiger partial charge in [0.15, 0.2) is 0 Å². The van der Waals surface area contributed by atoms with Crippen molar-refractivity contribution in [2.75, 3.05) is 13.2 Å². The number of carbonyl (C=O) groups is 2. The minimum atomic E-state index is -0.868. The Bertz CT molecular complexity index is 241. The summed E-state index contributed by atoms with van der Waals surface area (Å²) in [4.78, 5) is 21.7. The van der Waals surface area contributed by atoms with Crippen LogP contribution in [0.15, 0.2) is 10.2 Å².